The van der Waals surface area contributed by atoms with Crippen molar-refractivity contribution in [3.05, 3.63) is 0 Å². The van der Waals surface area contributed by atoms with Crippen LogP contribution in [0.1, 0.15) is 6.42 Å². The second-order valence-electron chi connectivity index (χ2n) is 1.81. The summed E-state index contributed by atoms with van der Waals surface area (Å²) in [5.41, 5.74) is 0. The number of rotatable bonds is 3. The molecule has 0 heterocycles. The molecule has 0 saturated carbocycles. The summed E-state index contributed by atoms with van der Waals surface area (Å²) in [6, 6.07) is 0. The molecule has 2 nitrogen and oxygen atoms in total. The first-order valence-electron chi connectivity index (χ1n) is 2.37. The van der Waals surface area contributed by atoms with Crippen LogP contribution in [0.15, 0.2) is 0 Å². The van der Waals surface area contributed by atoms with Crippen LogP contribution >= 0.6 is 0 Å². The average molecular weight is 181 g/mol. The van der Waals surface area contributed by atoms with Gasteiger partial charge in [-0.2, -0.15) is 0 Å². The van der Waals surface area contributed by atoms with Crippen molar-refractivity contribution < 1.29 is 9.90 Å². The van der Waals surface area contributed by atoms with Gasteiger partial charge in [0.25, 0.3) is 0 Å². The Hall–Kier alpha value is -0.0105. The van der Waals surface area contributed by atoms with Crippen LogP contribution in [0.5, 0.6) is 0 Å². The van der Waals surface area contributed by atoms with Crippen molar-refractivity contribution >= 4 is 19.9 Å². The zero-order chi connectivity index (χ0) is 6.57. The zero-order valence-electron chi connectivity index (χ0n) is 5.14. The van der Waals surface area contributed by atoms with Gasteiger partial charge in [-0.05, 0) is 0 Å². The van der Waals surface area contributed by atoms with Crippen LogP contribution in [0.3, 0.4) is 0 Å². The first kappa shape index (κ1) is 7.99. The molecule has 0 saturated heterocycles. The Balaban J connectivity index is 3.05. The van der Waals surface area contributed by atoms with Crippen LogP contribution in [-0.4, -0.2) is 19.9 Å². The van der Waals surface area contributed by atoms with Crippen LogP contribution < -0.4 is 5.11 Å². The number of aliphatic carboxylic acids is 1. The molecule has 0 spiro atoms. The SMILES string of the molecule is C[Se+](C)CCC(=O)[O-]. The van der Waals surface area contributed by atoms with Gasteiger partial charge in [-0.25, -0.2) is 0 Å². The first-order chi connectivity index (χ1) is 3.63. The first-order valence-corrected chi connectivity index (χ1v) is 7.00. The van der Waals surface area contributed by atoms with Crippen molar-refractivity contribution in [1.82, 2.24) is 0 Å². The van der Waals surface area contributed by atoms with Gasteiger partial charge in [0.15, 0.2) is 0 Å². The van der Waals surface area contributed by atoms with Gasteiger partial charge in [0, 0.05) is 0 Å². The standard InChI is InChI=1S/C5H10O2Se/c1-8(2)4-3-5(6)7/h3-4H2,1-2H3. The Kier molecular flexibility index (Phi) is 3.92. The van der Waals surface area contributed by atoms with E-state index in [-0.39, 0.29) is 6.42 Å². The average Bonchev–Trinajstić information content (AvgIpc) is 1.61. The van der Waals surface area contributed by atoms with Crippen LogP contribution in [0.25, 0.3) is 0 Å². The third-order valence-corrected chi connectivity index (χ3v) is 2.86. The molecule has 0 bridgehead atoms. The van der Waals surface area contributed by atoms with E-state index in [0.717, 1.165) is 5.32 Å². The van der Waals surface area contributed by atoms with E-state index in [0.29, 0.717) is 0 Å². The fourth-order valence-corrected chi connectivity index (χ4v) is 1.49. The van der Waals surface area contributed by atoms with Gasteiger partial charge < -0.3 is 0 Å². The quantitative estimate of drug-likeness (QED) is 0.569. The Morgan fingerprint density at radius 3 is 2.25 bits per heavy atom. The number of hydrogen-bond acceptors (Lipinski definition) is 2. The molecule has 0 unspecified atom stereocenters. The van der Waals surface area contributed by atoms with Gasteiger partial charge in [0.1, 0.15) is 0 Å². The number of hydrogen-bond donors (Lipinski definition) is 0. The summed E-state index contributed by atoms with van der Waals surface area (Å²) >= 11 is -0.536. The van der Waals surface area contributed by atoms with Gasteiger partial charge in [-0.15, -0.1) is 0 Å². The summed E-state index contributed by atoms with van der Waals surface area (Å²) in [6.07, 6.45) is 0.248. The van der Waals surface area contributed by atoms with Crippen LogP contribution in [-0.2, 0) is 4.79 Å². The van der Waals surface area contributed by atoms with E-state index in [1.807, 2.05) is 0 Å². The van der Waals surface area contributed by atoms with Crippen LogP contribution in [0.2, 0.25) is 17.0 Å². The molecule has 0 amide bonds. The molecule has 0 aliphatic rings. The molecule has 3 heteroatoms. The molecule has 48 valence electrons. The summed E-state index contributed by atoms with van der Waals surface area (Å²) in [5.74, 6) is 3.31. The number of carbonyl (C=O) groups excluding carboxylic acids is 1. The van der Waals surface area contributed by atoms with E-state index in [1.165, 1.54) is 0 Å². The molecular weight excluding hydrogens is 171 g/mol. The van der Waals surface area contributed by atoms with Crippen molar-refractivity contribution in [2.24, 2.45) is 0 Å². The summed E-state index contributed by atoms with van der Waals surface area (Å²) in [4.78, 5) is 9.81. The summed E-state index contributed by atoms with van der Waals surface area (Å²) in [5, 5.41) is 10.7. The fraction of sp³-hybridized carbons (Fsp3) is 0.800. The van der Waals surface area contributed by atoms with Gasteiger partial charge in [-0.1, -0.05) is 0 Å². The molecular formula is C5H10O2Se. The molecule has 0 aromatic carbocycles. The van der Waals surface area contributed by atoms with Crippen molar-refractivity contribution in [2.45, 2.75) is 23.4 Å². The van der Waals surface area contributed by atoms with E-state index >= 15 is 0 Å². The van der Waals surface area contributed by atoms with E-state index in [1.54, 1.807) is 0 Å². The van der Waals surface area contributed by atoms with E-state index in [9.17, 15) is 9.90 Å². The normalized spacial score (nSPS) is 9.88. The van der Waals surface area contributed by atoms with Gasteiger partial charge in [0.05, 0.1) is 0 Å². The Morgan fingerprint density at radius 1 is 1.62 bits per heavy atom. The molecule has 0 aromatic rings. The molecule has 0 aliphatic carbocycles. The monoisotopic (exact) mass is 182 g/mol. The van der Waals surface area contributed by atoms with Gasteiger partial charge >= 0.3 is 53.2 Å². The number of carboxylic acids is 1. The molecule has 8 heavy (non-hydrogen) atoms. The van der Waals surface area contributed by atoms with Crippen LogP contribution in [0.4, 0.5) is 0 Å². The fourth-order valence-electron chi connectivity index (χ4n) is 0.287. The molecule has 0 N–H and O–H groups in total. The Labute approximate surface area is 53.8 Å². The van der Waals surface area contributed by atoms with E-state index in [2.05, 4.69) is 11.6 Å². The predicted octanol–water partition coefficient (Wildman–Crippen LogP) is -0.119. The Bertz CT molecular complexity index is 80.5. The molecule has 0 rings (SSSR count). The summed E-state index contributed by atoms with van der Waals surface area (Å²) in [6.45, 7) is 0. The maximum absolute atomic E-state index is 9.81. The predicted molar refractivity (Wildman–Crippen MR) is 31.9 cm³/mol. The maximum atomic E-state index is 9.81. The molecule has 0 atom stereocenters. The minimum atomic E-state index is -0.914. The van der Waals surface area contributed by atoms with Crippen LogP contribution in [0, 0.1) is 0 Å². The molecule has 0 aliphatic heterocycles. The summed E-state index contributed by atoms with van der Waals surface area (Å²) in [7, 11) is 0. The van der Waals surface area contributed by atoms with Gasteiger partial charge in [0.2, 0.25) is 0 Å². The van der Waals surface area contributed by atoms with Crippen molar-refractivity contribution in [3.8, 4) is 0 Å². The van der Waals surface area contributed by atoms with E-state index in [4.69, 9.17) is 0 Å². The van der Waals surface area contributed by atoms with Crippen molar-refractivity contribution in [1.29, 1.82) is 0 Å². The topological polar surface area (TPSA) is 40.1 Å². The minimum absolute atomic E-state index is 0.248. The molecule has 0 radical (unpaired) electrons. The van der Waals surface area contributed by atoms with Gasteiger partial charge in [-0.3, -0.25) is 0 Å². The Morgan fingerprint density at radius 2 is 2.12 bits per heavy atom. The van der Waals surface area contributed by atoms with Crippen molar-refractivity contribution in [2.75, 3.05) is 0 Å². The van der Waals surface area contributed by atoms with Crippen molar-refractivity contribution in [3.63, 3.8) is 0 Å². The molecule has 0 fully saturated rings. The summed E-state index contributed by atoms with van der Waals surface area (Å²) < 4.78 is 0. The second-order valence-corrected chi connectivity index (χ2v) is 6.80. The third-order valence-electron chi connectivity index (χ3n) is 0.714. The number of carboxylic acid groups (broad SMARTS) is 1. The number of carbonyl (C=O) groups is 1. The van der Waals surface area contributed by atoms with E-state index < -0.39 is 19.9 Å². The molecule has 0 aromatic heterocycles. The zero-order valence-corrected chi connectivity index (χ0v) is 6.85. The second kappa shape index (κ2) is 3.93. The third kappa shape index (κ3) is 5.99.